The van der Waals surface area contributed by atoms with Gasteiger partial charge in [0.15, 0.2) is 11.2 Å². The van der Waals surface area contributed by atoms with E-state index in [4.69, 9.17) is 9.47 Å². The van der Waals surface area contributed by atoms with Gasteiger partial charge in [0.25, 0.3) is 5.91 Å². The molecule has 0 fully saturated rings. The van der Waals surface area contributed by atoms with Gasteiger partial charge in [0.2, 0.25) is 0 Å². The maximum atomic E-state index is 12.7. The number of anilines is 1. The number of aromatic amines is 1. The predicted octanol–water partition coefficient (Wildman–Crippen LogP) is 4.94. The summed E-state index contributed by atoms with van der Waals surface area (Å²) >= 11 is 1.28. The average Bonchev–Trinajstić information content (AvgIpc) is 3.56. The minimum absolute atomic E-state index is 0.304. The van der Waals surface area contributed by atoms with Crippen molar-refractivity contribution in [2.75, 3.05) is 12.4 Å². The third-order valence-corrected chi connectivity index (χ3v) is 6.16. The van der Waals surface area contributed by atoms with Gasteiger partial charge in [-0.15, -0.1) is 11.3 Å². The monoisotopic (exact) mass is 499 g/mol. The highest BCUT2D eigenvalue weighted by atomic mass is 32.1. The molecule has 5 rings (SSSR count). The number of H-pyrrole nitrogens is 1. The molecule has 0 saturated carbocycles. The fourth-order valence-electron chi connectivity index (χ4n) is 3.51. The molecule has 0 aliphatic heterocycles. The van der Waals surface area contributed by atoms with Gasteiger partial charge in [-0.3, -0.25) is 15.1 Å². The minimum atomic E-state index is -1.02. The molecule has 5 aromatic rings. The Bertz CT molecular complexity index is 1550. The lowest BCUT2D eigenvalue weighted by molar-refractivity contribution is -0.123. The molecule has 0 bridgehead atoms. The number of rotatable bonds is 7. The maximum Gasteiger partial charge on any atom is 0.338 e. The van der Waals surface area contributed by atoms with E-state index in [9.17, 15) is 9.59 Å². The normalized spacial score (nSPS) is 11.7. The van der Waals surface area contributed by atoms with Crippen molar-refractivity contribution in [3.63, 3.8) is 0 Å². The summed E-state index contributed by atoms with van der Waals surface area (Å²) in [5.74, 6) is 0.269. The first-order chi connectivity index (χ1) is 17.5. The van der Waals surface area contributed by atoms with Crippen LogP contribution in [0.5, 0.6) is 5.75 Å². The molecular weight excluding hydrogens is 478 g/mol. The molecule has 36 heavy (non-hydrogen) atoms. The number of fused-ring (bicyclic) bond motifs is 1. The van der Waals surface area contributed by atoms with Crippen LogP contribution >= 0.6 is 11.3 Å². The quantitative estimate of drug-likeness (QED) is 0.304. The lowest BCUT2D eigenvalue weighted by Crippen LogP contribution is -2.29. The highest BCUT2D eigenvalue weighted by Crippen LogP contribution is 2.27. The fraction of sp³-hybridized carbons (Fsp3) is 0.115. The number of nitrogens with zero attached hydrogens (tertiary/aromatic N) is 3. The number of hydrogen-bond acceptors (Lipinski definition) is 8. The number of methoxy groups -OCH3 is 1. The summed E-state index contributed by atoms with van der Waals surface area (Å²) in [6, 6.07) is 16.2. The van der Waals surface area contributed by atoms with Crippen LogP contribution in [0.2, 0.25) is 0 Å². The zero-order valence-corrected chi connectivity index (χ0v) is 20.2. The summed E-state index contributed by atoms with van der Waals surface area (Å²) in [5.41, 5.74) is 4.09. The molecule has 3 aromatic heterocycles. The second-order valence-electron chi connectivity index (χ2n) is 7.87. The molecule has 2 aromatic carbocycles. The largest absolute Gasteiger partial charge is 0.497 e. The van der Waals surface area contributed by atoms with Crippen molar-refractivity contribution >= 4 is 39.4 Å². The van der Waals surface area contributed by atoms with Crippen molar-refractivity contribution in [3.05, 3.63) is 77.9 Å². The van der Waals surface area contributed by atoms with Gasteiger partial charge in [0, 0.05) is 28.9 Å². The van der Waals surface area contributed by atoms with Crippen molar-refractivity contribution in [1.82, 2.24) is 19.9 Å². The zero-order valence-electron chi connectivity index (χ0n) is 19.4. The van der Waals surface area contributed by atoms with E-state index in [0.717, 1.165) is 11.1 Å². The lowest BCUT2D eigenvalue weighted by Gasteiger charge is -2.12. The Balaban J connectivity index is 1.24. The number of pyridine rings is 1. The van der Waals surface area contributed by atoms with Crippen molar-refractivity contribution in [3.8, 4) is 28.4 Å². The summed E-state index contributed by atoms with van der Waals surface area (Å²) in [6.45, 7) is 1.51. The van der Waals surface area contributed by atoms with Crippen LogP contribution in [0.4, 0.5) is 5.13 Å². The molecule has 180 valence electrons. The Hall–Kier alpha value is -4.57. The summed E-state index contributed by atoms with van der Waals surface area (Å²) in [7, 11) is 1.60. The Morgan fingerprint density at radius 1 is 1.06 bits per heavy atom. The first-order valence-corrected chi connectivity index (χ1v) is 11.9. The van der Waals surface area contributed by atoms with Gasteiger partial charge in [0.05, 0.1) is 29.4 Å². The molecule has 3 heterocycles. The Morgan fingerprint density at radius 3 is 2.72 bits per heavy atom. The van der Waals surface area contributed by atoms with Crippen LogP contribution in [-0.2, 0) is 9.53 Å². The van der Waals surface area contributed by atoms with Crippen LogP contribution in [0, 0.1) is 0 Å². The van der Waals surface area contributed by atoms with E-state index >= 15 is 0 Å². The van der Waals surface area contributed by atoms with E-state index in [-0.39, 0.29) is 0 Å². The van der Waals surface area contributed by atoms with E-state index in [1.165, 1.54) is 18.3 Å². The number of nitrogens with one attached hydrogen (secondary N) is 2. The van der Waals surface area contributed by atoms with Crippen molar-refractivity contribution in [1.29, 1.82) is 0 Å². The van der Waals surface area contributed by atoms with Gasteiger partial charge in [-0.2, -0.15) is 0 Å². The molecule has 9 nitrogen and oxygen atoms in total. The van der Waals surface area contributed by atoms with Gasteiger partial charge in [-0.05, 0) is 49.4 Å². The SMILES string of the molecule is COc1cccc(-c2csc(NC(=O)C(C)OC(=O)c3ccc4nc(-c5cccnc5)[nH]c4c3)n2)c1. The minimum Gasteiger partial charge on any atom is -0.497 e. The smallest absolute Gasteiger partial charge is 0.338 e. The second kappa shape index (κ2) is 9.96. The standard InChI is InChI=1S/C26H21N5O4S/c1-15(24(32)31-26-30-22(14-36-26)16-5-3-7-19(11-16)34-2)35-25(33)17-8-9-20-21(12-17)29-23(28-20)18-6-4-10-27-13-18/h3-15H,1-2H3,(H,28,29)(H,30,31,32). The van der Waals surface area contributed by atoms with Crippen LogP contribution < -0.4 is 10.1 Å². The number of thiazole rings is 1. The first kappa shape index (κ1) is 23.2. The van der Waals surface area contributed by atoms with Gasteiger partial charge in [-0.1, -0.05) is 12.1 Å². The van der Waals surface area contributed by atoms with E-state index in [1.807, 2.05) is 41.8 Å². The number of esters is 1. The van der Waals surface area contributed by atoms with Gasteiger partial charge in [-0.25, -0.2) is 14.8 Å². The Labute approximate surface area is 210 Å². The van der Waals surface area contributed by atoms with E-state index in [1.54, 1.807) is 37.7 Å². The number of hydrogen-bond donors (Lipinski definition) is 2. The number of amides is 1. The average molecular weight is 500 g/mol. The number of carbonyl (C=O) groups excluding carboxylic acids is 2. The molecule has 2 N–H and O–H groups in total. The lowest BCUT2D eigenvalue weighted by atomic mass is 10.2. The molecular formula is C26H21N5O4S. The molecule has 0 aliphatic rings. The van der Waals surface area contributed by atoms with Gasteiger partial charge >= 0.3 is 5.97 Å². The van der Waals surface area contributed by atoms with Crippen molar-refractivity contribution in [2.45, 2.75) is 13.0 Å². The molecule has 0 aliphatic carbocycles. The summed E-state index contributed by atoms with van der Waals surface area (Å²) in [4.78, 5) is 41.6. The second-order valence-corrected chi connectivity index (χ2v) is 8.72. The highest BCUT2D eigenvalue weighted by molar-refractivity contribution is 7.14. The van der Waals surface area contributed by atoms with Crippen molar-refractivity contribution < 1.29 is 19.1 Å². The number of benzene rings is 2. The number of aromatic nitrogens is 4. The van der Waals surface area contributed by atoms with Gasteiger partial charge < -0.3 is 14.5 Å². The summed E-state index contributed by atoms with van der Waals surface area (Å²) in [5, 5.41) is 4.95. The fourth-order valence-corrected chi connectivity index (χ4v) is 4.23. The molecule has 0 spiro atoms. The molecule has 10 heteroatoms. The van der Waals surface area contributed by atoms with Crippen LogP contribution in [0.15, 0.2) is 72.4 Å². The molecule has 1 atom stereocenters. The van der Waals surface area contributed by atoms with Crippen molar-refractivity contribution in [2.24, 2.45) is 0 Å². The summed E-state index contributed by atoms with van der Waals surface area (Å²) < 4.78 is 10.6. The zero-order chi connectivity index (χ0) is 25.1. The van der Waals surface area contributed by atoms with Crippen LogP contribution in [-0.4, -0.2) is 45.0 Å². The Morgan fingerprint density at radius 2 is 1.92 bits per heavy atom. The number of carbonyl (C=O) groups is 2. The van der Waals surface area contributed by atoms with Crippen LogP contribution in [0.3, 0.4) is 0 Å². The number of ether oxygens (including phenoxy) is 2. The predicted molar refractivity (Wildman–Crippen MR) is 137 cm³/mol. The molecule has 1 amide bonds. The van der Waals surface area contributed by atoms with Gasteiger partial charge in [0.1, 0.15) is 11.6 Å². The Kier molecular flexibility index (Phi) is 6.42. The van der Waals surface area contributed by atoms with E-state index < -0.39 is 18.0 Å². The van der Waals surface area contributed by atoms with E-state index in [2.05, 4.69) is 25.3 Å². The summed E-state index contributed by atoms with van der Waals surface area (Å²) in [6.07, 6.45) is 2.37. The van der Waals surface area contributed by atoms with E-state index in [0.29, 0.717) is 39.0 Å². The highest BCUT2D eigenvalue weighted by Gasteiger charge is 2.21. The van der Waals surface area contributed by atoms with Crippen LogP contribution in [0.1, 0.15) is 17.3 Å². The first-order valence-electron chi connectivity index (χ1n) is 11.0. The molecule has 0 saturated heterocycles. The third-order valence-electron chi connectivity index (χ3n) is 5.41. The topological polar surface area (TPSA) is 119 Å². The van der Waals surface area contributed by atoms with Crippen LogP contribution in [0.25, 0.3) is 33.7 Å². The third kappa shape index (κ3) is 4.93. The number of imidazole rings is 1. The maximum absolute atomic E-state index is 12.7. The molecule has 1 unspecified atom stereocenters. The molecule has 0 radical (unpaired) electrons.